The third-order valence-corrected chi connectivity index (χ3v) is 3.13. The quantitative estimate of drug-likeness (QED) is 0.583. The lowest BCUT2D eigenvalue weighted by Crippen LogP contribution is -2.17. The molecule has 0 fully saturated rings. The van der Waals surface area contributed by atoms with E-state index < -0.39 is 12.8 Å². The first kappa shape index (κ1) is 14.8. The summed E-state index contributed by atoms with van der Waals surface area (Å²) in [5.41, 5.74) is 0. The minimum absolute atomic E-state index is 0.119. The summed E-state index contributed by atoms with van der Waals surface area (Å²) in [5.74, 6) is 0.704. The second kappa shape index (κ2) is 7.23. The largest absolute Gasteiger partial charge is 0.411 e. The van der Waals surface area contributed by atoms with E-state index in [1.54, 1.807) is 12.4 Å². The third kappa shape index (κ3) is 7.62. The van der Waals surface area contributed by atoms with Gasteiger partial charge < -0.3 is 4.74 Å². The highest BCUT2D eigenvalue weighted by atomic mass is 79.9. The molecule has 0 saturated carbocycles. The second-order valence-corrected chi connectivity index (χ2v) is 5.29. The Labute approximate surface area is 110 Å². The van der Waals surface area contributed by atoms with Crippen LogP contribution in [0.15, 0.2) is 27.8 Å². The van der Waals surface area contributed by atoms with E-state index in [2.05, 4.69) is 25.7 Å². The summed E-state index contributed by atoms with van der Waals surface area (Å²) in [6, 6.07) is 1.91. The van der Waals surface area contributed by atoms with Gasteiger partial charge in [0.05, 0.1) is 0 Å². The fraction of sp³-hybridized carbons (Fsp3) is 0.500. The van der Waals surface area contributed by atoms with Crippen molar-refractivity contribution in [1.82, 2.24) is 4.98 Å². The Morgan fingerprint density at radius 1 is 1.35 bits per heavy atom. The van der Waals surface area contributed by atoms with Crippen molar-refractivity contribution in [3.8, 4) is 0 Å². The Morgan fingerprint density at radius 2 is 2.12 bits per heavy atom. The normalized spacial score (nSPS) is 11.8. The predicted molar refractivity (Wildman–Crippen MR) is 64.2 cm³/mol. The van der Waals surface area contributed by atoms with Crippen LogP contribution in [0.2, 0.25) is 0 Å². The number of nitrogens with zero attached hydrogens (tertiary/aromatic N) is 1. The Kier molecular flexibility index (Phi) is 6.29. The summed E-state index contributed by atoms with van der Waals surface area (Å²) in [7, 11) is 0. The average Bonchev–Trinajstić information content (AvgIpc) is 2.22. The minimum atomic E-state index is -4.23. The van der Waals surface area contributed by atoms with Gasteiger partial charge in [0.2, 0.25) is 0 Å². The summed E-state index contributed by atoms with van der Waals surface area (Å²) >= 11 is 4.83. The van der Waals surface area contributed by atoms with E-state index in [-0.39, 0.29) is 6.61 Å². The number of hydrogen-bond donors (Lipinski definition) is 0. The van der Waals surface area contributed by atoms with Gasteiger partial charge in [-0.05, 0) is 28.4 Å². The molecule has 0 N–H and O–H groups in total. The molecule has 1 rings (SSSR count). The summed E-state index contributed by atoms with van der Waals surface area (Å²) in [4.78, 5) is 4.97. The highest BCUT2D eigenvalue weighted by Crippen LogP contribution is 2.21. The Hall–Kier alpha value is -0.270. The fourth-order valence-electron chi connectivity index (χ4n) is 1.01. The maximum Gasteiger partial charge on any atom is 0.411 e. The van der Waals surface area contributed by atoms with Crippen molar-refractivity contribution in [3.05, 3.63) is 22.9 Å². The lowest BCUT2D eigenvalue weighted by Gasteiger charge is -2.07. The molecule has 0 aromatic carbocycles. The minimum Gasteiger partial charge on any atom is -0.372 e. The number of alkyl halides is 3. The van der Waals surface area contributed by atoms with Crippen LogP contribution in [0.4, 0.5) is 13.2 Å². The van der Waals surface area contributed by atoms with Gasteiger partial charge in [0.1, 0.15) is 6.61 Å². The summed E-state index contributed by atoms with van der Waals surface area (Å²) < 4.78 is 40.6. The van der Waals surface area contributed by atoms with Crippen LogP contribution < -0.4 is 0 Å². The molecule has 0 aliphatic heterocycles. The summed E-state index contributed by atoms with van der Waals surface area (Å²) in [6.07, 6.45) is -0.267. The molecule has 0 spiro atoms. The molecule has 0 aliphatic rings. The predicted octanol–water partition coefficient (Wildman–Crippen LogP) is 3.91. The van der Waals surface area contributed by atoms with Crippen molar-refractivity contribution in [3.63, 3.8) is 0 Å². The van der Waals surface area contributed by atoms with Crippen LogP contribution in [-0.2, 0) is 4.74 Å². The van der Waals surface area contributed by atoms with Crippen LogP contribution in [0.1, 0.15) is 6.42 Å². The van der Waals surface area contributed by atoms with Crippen LogP contribution in [0.25, 0.3) is 0 Å². The molecule has 0 atom stereocenters. The van der Waals surface area contributed by atoms with Gasteiger partial charge in [-0.2, -0.15) is 13.2 Å². The molecule has 0 aliphatic carbocycles. The fourth-order valence-corrected chi connectivity index (χ4v) is 2.37. The highest BCUT2D eigenvalue weighted by Gasteiger charge is 2.27. The Morgan fingerprint density at radius 3 is 2.76 bits per heavy atom. The van der Waals surface area contributed by atoms with Crippen LogP contribution in [0.3, 0.4) is 0 Å². The molecule has 96 valence electrons. The van der Waals surface area contributed by atoms with E-state index in [4.69, 9.17) is 0 Å². The zero-order valence-corrected chi connectivity index (χ0v) is 11.2. The number of aromatic nitrogens is 1. The average molecular weight is 330 g/mol. The van der Waals surface area contributed by atoms with E-state index in [1.165, 1.54) is 11.8 Å². The number of ether oxygens (including phenoxy) is 1. The van der Waals surface area contributed by atoms with Gasteiger partial charge in [0, 0.05) is 34.1 Å². The van der Waals surface area contributed by atoms with E-state index in [1.807, 2.05) is 6.07 Å². The highest BCUT2D eigenvalue weighted by molar-refractivity contribution is 9.10. The van der Waals surface area contributed by atoms with E-state index >= 15 is 0 Å². The smallest absolute Gasteiger partial charge is 0.372 e. The topological polar surface area (TPSA) is 22.1 Å². The monoisotopic (exact) mass is 329 g/mol. The lowest BCUT2D eigenvalue weighted by molar-refractivity contribution is -0.173. The first-order chi connectivity index (χ1) is 7.97. The maximum atomic E-state index is 11.7. The van der Waals surface area contributed by atoms with Crippen molar-refractivity contribution in [2.45, 2.75) is 17.5 Å². The zero-order valence-electron chi connectivity index (χ0n) is 8.84. The van der Waals surface area contributed by atoms with Crippen molar-refractivity contribution in [2.75, 3.05) is 19.0 Å². The van der Waals surface area contributed by atoms with Gasteiger partial charge in [0.15, 0.2) is 0 Å². The zero-order chi connectivity index (χ0) is 12.7. The van der Waals surface area contributed by atoms with Gasteiger partial charge in [-0.1, -0.05) is 0 Å². The SMILES string of the molecule is FC(F)(F)COCCCSc1cncc(Br)c1. The van der Waals surface area contributed by atoms with Crippen molar-refractivity contribution >= 4 is 27.7 Å². The van der Waals surface area contributed by atoms with Crippen LogP contribution in [0.5, 0.6) is 0 Å². The maximum absolute atomic E-state index is 11.7. The molecule has 1 aromatic rings. The van der Waals surface area contributed by atoms with Crippen LogP contribution in [0, 0.1) is 0 Å². The molecule has 0 bridgehead atoms. The molecule has 2 nitrogen and oxygen atoms in total. The Bertz CT molecular complexity index is 349. The third-order valence-electron chi connectivity index (χ3n) is 1.65. The number of halogens is 4. The number of rotatable bonds is 6. The molecule has 0 radical (unpaired) electrons. The van der Waals surface area contributed by atoms with Gasteiger partial charge in [-0.15, -0.1) is 11.8 Å². The van der Waals surface area contributed by atoms with Crippen LogP contribution in [-0.4, -0.2) is 30.1 Å². The van der Waals surface area contributed by atoms with E-state index in [0.29, 0.717) is 12.2 Å². The number of pyridine rings is 1. The lowest BCUT2D eigenvalue weighted by atomic mass is 10.5. The van der Waals surface area contributed by atoms with Crippen molar-refractivity contribution < 1.29 is 17.9 Å². The van der Waals surface area contributed by atoms with Crippen molar-refractivity contribution in [2.24, 2.45) is 0 Å². The van der Waals surface area contributed by atoms with Gasteiger partial charge in [0.25, 0.3) is 0 Å². The molecule has 7 heteroatoms. The first-order valence-electron chi connectivity index (χ1n) is 4.85. The number of thioether (sulfide) groups is 1. The van der Waals surface area contributed by atoms with Gasteiger partial charge in [-0.3, -0.25) is 4.98 Å². The molecule has 0 saturated heterocycles. The molecule has 0 amide bonds. The summed E-state index contributed by atoms with van der Waals surface area (Å²) in [6.45, 7) is -1.05. The van der Waals surface area contributed by atoms with Gasteiger partial charge >= 0.3 is 6.18 Å². The van der Waals surface area contributed by atoms with Crippen molar-refractivity contribution in [1.29, 1.82) is 0 Å². The number of hydrogen-bond acceptors (Lipinski definition) is 3. The molecule has 17 heavy (non-hydrogen) atoms. The van der Waals surface area contributed by atoms with E-state index in [9.17, 15) is 13.2 Å². The standard InChI is InChI=1S/C10H11BrF3NOS/c11-8-4-9(6-15-5-8)17-3-1-2-16-7-10(12,13)14/h4-6H,1-3,7H2. The van der Waals surface area contributed by atoms with E-state index in [0.717, 1.165) is 9.37 Å². The molecule has 1 heterocycles. The van der Waals surface area contributed by atoms with Gasteiger partial charge in [-0.25, -0.2) is 0 Å². The molecule has 1 aromatic heterocycles. The Balaban J connectivity index is 2.09. The second-order valence-electron chi connectivity index (χ2n) is 3.21. The molecular formula is C10H11BrF3NOS. The molecular weight excluding hydrogens is 319 g/mol. The molecule has 0 unspecified atom stereocenters. The first-order valence-corrected chi connectivity index (χ1v) is 6.63. The van der Waals surface area contributed by atoms with Crippen LogP contribution >= 0.6 is 27.7 Å². The summed E-state index contributed by atoms with van der Waals surface area (Å²) in [5, 5.41) is 0.